The molecular weight excluding hydrogens is 349 g/mol. The van der Waals surface area contributed by atoms with E-state index < -0.39 is 33.4 Å². The summed E-state index contributed by atoms with van der Waals surface area (Å²) in [6, 6.07) is 2.11. The van der Waals surface area contributed by atoms with Crippen molar-refractivity contribution in [3.05, 3.63) is 29.7 Å². The normalized spacial score (nSPS) is 20.4. The number of alkyl halides is 3. The van der Waals surface area contributed by atoms with Gasteiger partial charge in [-0.2, -0.15) is 13.2 Å². The number of nitrogens with zero attached hydrogens (tertiary/aromatic N) is 3. The second kappa shape index (κ2) is 5.72. The van der Waals surface area contributed by atoms with Gasteiger partial charge in [0.1, 0.15) is 5.56 Å². The zero-order valence-electron chi connectivity index (χ0n) is 12.2. The Labute approximate surface area is 134 Å². The van der Waals surface area contributed by atoms with E-state index in [4.69, 9.17) is 0 Å². The largest absolute Gasteiger partial charge is 0.420 e. The summed E-state index contributed by atoms with van der Waals surface area (Å²) in [5.41, 5.74) is -1.27. The van der Waals surface area contributed by atoms with E-state index in [-0.39, 0.29) is 35.9 Å². The Morgan fingerprint density at radius 1 is 1.38 bits per heavy atom. The van der Waals surface area contributed by atoms with Crippen molar-refractivity contribution in [2.45, 2.75) is 19.1 Å². The molecule has 24 heavy (non-hydrogen) atoms. The van der Waals surface area contributed by atoms with Gasteiger partial charge in [0.05, 0.1) is 24.0 Å². The van der Waals surface area contributed by atoms with Crippen molar-refractivity contribution < 1.29 is 26.4 Å². The standard InChI is InChI=1S/C13H13F3N4O3S/c14-13(15,16)9-2-1-4-20-10(18-19-11(9)20)6-17-12(21)8-3-5-24(22,23)7-8/h1-2,4,8H,3,5-7H2,(H,17,21)/t8-/m1/s1. The minimum atomic E-state index is -4.56. The van der Waals surface area contributed by atoms with Gasteiger partial charge >= 0.3 is 6.18 Å². The fourth-order valence-electron chi connectivity index (χ4n) is 2.62. The molecular formula is C13H13F3N4O3S. The summed E-state index contributed by atoms with van der Waals surface area (Å²) in [6.45, 7) is -0.141. The molecule has 3 rings (SSSR count). The predicted octanol–water partition coefficient (Wildman–Crippen LogP) is 0.799. The molecule has 0 aromatic carbocycles. The number of amides is 1. The van der Waals surface area contributed by atoms with Gasteiger partial charge in [0.15, 0.2) is 21.3 Å². The molecule has 7 nitrogen and oxygen atoms in total. The van der Waals surface area contributed by atoms with Gasteiger partial charge in [-0.15, -0.1) is 10.2 Å². The van der Waals surface area contributed by atoms with Gasteiger partial charge in [0.25, 0.3) is 0 Å². The highest BCUT2D eigenvalue weighted by Gasteiger charge is 2.35. The third kappa shape index (κ3) is 3.21. The highest BCUT2D eigenvalue weighted by atomic mass is 32.2. The topological polar surface area (TPSA) is 93.4 Å². The van der Waals surface area contributed by atoms with Crippen molar-refractivity contribution in [3.8, 4) is 0 Å². The number of hydrogen-bond donors (Lipinski definition) is 1. The molecule has 1 aliphatic rings. The number of aromatic nitrogens is 3. The van der Waals surface area contributed by atoms with Gasteiger partial charge in [-0.05, 0) is 18.6 Å². The Kier molecular flexibility index (Phi) is 3.98. The molecule has 0 bridgehead atoms. The number of carbonyl (C=O) groups excluding carboxylic acids is 1. The van der Waals surface area contributed by atoms with Crippen LogP contribution in [0.2, 0.25) is 0 Å². The third-order valence-electron chi connectivity index (χ3n) is 3.83. The van der Waals surface area contributed by atoms with Crippen molar-refractivity contribution in [1.29, 1.82) is 0 Å². The van der Waals surface area contributed by atoms with Gasteiger partial charge < -0.3 is 5.32 Å². The van der Waals surface area contributed by atoms with Gasteiger partial charge in [-0.3, -0.25) is 9.20 Å². The lowest BCUT2D eigenvalue weighted by molar-refractivity contribution is -0.136. The molecule has 0 saturated carbocycles. The average Bonchev–Trinajstić information content (AvgIpc) is 3.06. The van der Waals surface area contributed by atoms with Gasteiger partial charge in [-0.1, -0.05) is 0 Å². The Bertz CT molecular complexity index is 891. The fourth-order valence-corrected chi connectivity index (χ4v) is 4.36. The van der Waals surface area contributed by atoms with Crippen LogP contribution in [0.4, 0.5) is 13.2 Å². The fraction of sp³-hybridized carbons (Fsp3) is 0.462. The van der Waals surface area contributed by atoms with E-state index in [0.717, 1.165) is 10.5 Å². The molecule has 2 aromatic rings. The molecule has 0 unspecified atom stereocenters. The van der Waals surface area contributed by atoms with Crippen LogP contribution in [0, 0.1) is 5.92 Å². The molecule has 2 aromatic heterocycles. The summed E-state index contributed by atoms with van der Waals surface area (Å²) in [6.07, 6.45) is -2.95. The Morgan fingerprint density at radius 2 is 2.12 bits per heavy atom. The van der Waals surface area contributed by atoms with Crippen molar-refractivity contribution in [2.75, 3.05) is 11.5 Å². The molecule has 1 saturated heterocycles. The molecule has 0 spiro atoms. The zero-order valence-corrected chi connectivity index (χ0v) is 13.1. The van der Waals surface area contributed by atoms with Crippen LogP contribution in [0.25, 0.3) is 5.65 Å². The quantitative estimate of drug-likeness (QED) is 0.872. The van der Waals surface area contributed by atoms with Crippen molar-refractivity contribution in [1.82, 2.24) is 19.9 Å². The molecule has 3 heterocycles. The first-order valence-electron chi connectivity index (χ1n) is 7.05. The lowest BCUT2D eigenvalue weighted by Crippen LogP contribution is -2.31. The Balaban J connectivity index is 1.76. The lowest BCUT2D eigenvalue weighted by atomic mass is 10.1. The predicted molar refractivity (Wildman–Crippen MR) is 76.6 cm³/mol. The van der Waals surface area contributed by atoms with E-state index in [1.807, 2.05) is 0 Å². The SMILES string of the molecule is O=C(NCc1nnc2c(C(F)(F)F)cccn12)[C@@H]1CCS(=O)(=O)C1. The second-order valence-electron chi connectivity index (χ2n) is 5.55. The van der Waals surface area contributed by atoms with E-state index in [1.165, 1.54) is 12.3 Å². The summed E-state index contributed by atoms with van der Waals surface area (Å²) < 4.78 is 62.6. The molecule has 1 N–H and O–H groups in total. The highest BCUT2D eigenvalue weighted by Crippen LogP contribution is 2.31. The number of carbonyl (C=O) groups is 1. The maximum Gasteiger partial charge on any atom is 0.420 e. The maximum absolute atomic E-state index is 12.9. The zero-order chi connectivity index (χ0) is 17.5. The van der Waals surface area contributed by atoms with E-state index >= 15 is 0 Å². The molecule has 0 radical (unpaired) electrons. The maximum atomic E-state index is 12.9. The number of hydrogen-bond acceptors (Lipinski definition) is 5. The summed E-state index contributed by atoms with van der Waals surface area (Å²) in [4.78, 5) is 12.0. The van der Waals surface area contributed by atoms with Crippen LogP contribution < -0.4 is 5.32 Å². The molecule has 0 aliphatic carbocycles. The molecule has 1 aliphatic heterocycles. The number of halogens is 3. The summed E-state index contributed by atoms with van der Waals surface area (Å²) in [7, 11) is -3.19. The Morgan fingerprint density at radius 3 is 2.75 bits per heavy atom. The van der Waals surface area contributed by atoms with Crippen LogP contribution in [0.1, 0.15) is 17.8 Å². The first-order chi connectivity index (χ1) is 11.2. The van der Waals surface area contributed by atoms with Gasteiger partial charge in [0, 0.05) is 6.20 Å². The summed E-state index contributed by atoms with van der Waals surface area (Å²) in [5, 5.41) is 9.71. The summed E-state index contributed by atoms with van der Waals surface area (Å²) in [5.74, 6) is -1.21. The number of sulfone groups is 1. The van der Waals surface area contributed by atoms with Crippen LogP contribution in [0.3, 0.4) is 0 Å². The highest BCUT2D eigenvalue weighted by molar-refractivity contribution is 7.91. The number of rotatable bonds is 3. The monoisotopic (exact) mass is 362 g/mol. The van der Waals surface area contributed by atoms with E-state index in [1.54, 1.807) is 0 Å². The van der Waals surface area contributed by atoms with Crippen LogP contribution in [-0.4, -0.2) is 40.4 Å². The van der Waals surface area contributed by atoms with Crippen LogP contribution in [-0.2, 0) is 27.4 Å². The molecule has 11 heteroatoms. The van der Waals surface area contributed by atoms with Crippen LogP contribution in [0.15, 0.2) is 18.3 Å². The van der Waals surface area contributed by atoms with Crippen molar-refractivity contribution >= 4 is 21.4 Å². The van der Waals surface area contributed by atoms with Crippen molar-refractivity contribution in [3.63, 3.8) is 0 Å². The van der Waals surface area contributed by atoms with Gasteiger partial charge in [-0.25, -0.2) is 8.42 Å². The second-order valence-corrected chi connectivity index (χ2v) is 7.78. The van der Waals surface area contributed by atoms with E-state index in [9.17, 15) is 26.4 Å². The molecule has 1 fully saturated rings. The van der Waals surface area contributed by atoms with E-state index in [2.05, 4.69) is 15.5 Å². The lowest BCUT2D eigenvalue weighted by Gasteiger charge is -2.09. The summed E-state index contributed by atoms with van der Waals surface area (Å²) >= 11 is 0. The average molecular weight is 362 g/mol. The number of nitrogens with one attached hydrogen (secondary N) is 1. The van der Waals surface area contributed by atoms with Gasteiger partial charge in [0.2, 0.25) is 5.91 Å². The first kappa shape index (κ1) is 16.7. The number of pyridine rings is 1. The minimum Gasteiger partial charge on any atom is -0.349 e. The third-order valence-corrected chi connectivity index (χ3v) is 5.60. The molecule has 1 amide bonds. The minimum absolute atomic E-state index is 0.0338. The first-order valence-corrected chi connectivity index (χ1v) is 8.87. The molecule has 130 valence electrons. The Hall–Kier alpha value is -2.17. The van der Waals surface area contributed by atoms with Crippen LogP contribution >= 0.6 is 0 Å². The molecule has 1 atom stereocenters. The van der Waals surface area contributed by atoms with Crippen molar-refractivity contribution in [2.24, 2.45) is 5.92 Å². The van der Waals surface area contributed by atoms with Crippen LogP contribution in [0.5, 0.6) is 0 Å². The number of fused-ring (bicyclic) bond motifs is 1. The van der Waals surface area contributed by atoms with E-state index in [0.29, 0.717) is 0 Å². The smallest absolute Gasteiger partial charge is 0.349 e.